The van der Waals surface area contributed by atoms with Crippen LogP contribution in [0.3, 0.4) is 0 Å². The van der Waals surface area contributed by atoms with Crippen molar-refractivity contribution in [2.45, 2.75) is 26.9 Å². The normalized spacial score (nSPS) is 10.7. The standard InChI is InChI=1S/C12H17FO2/c1-9(2)14-6-7-15-12-5-4-11(13)8-10(12)3/h4-5,8-9H,6-7H2,1-3H3. The summed E-state index contributed by atoms with van der Waals surface area (Å²) in [5.74, 6) is 0.474. The Bertz CT molecular complexity index is 310. The molecule has 1 aromatic rings. The van der Waals surface area contributed by atoms with Gasteiger partial charge in [-0.05, 0) is 44.5 Å². The topological polar surface area (TPSA) is 18.5 Å². The van der Waals surface area contributed by atoms with Crippen LogP contribution in [0.5, 0.6) is 5.75 Å². The summed E-state index contributed by atoms with van der Waals surface area (Å²) in [6.07, 6.45) is 0.211. The zero-order valence-electron chi connectivity index (χ0n) is 9.42. The molecule has 0 aliphatic carbocycles. The molecule has 0 spiro atoms. The van der Waals surface area contributed by atoms with Crippen LogP contribution in [-0.4, -0.2) is 19.3 Å². The molecule has 0 aliphatic heterocycles. The lowest BCUT2D eigenvalue weighted by Crippen LogP contribution is -2.11. The summed E-state index contributed by atoms with van der Waals surface area (Å²) in [5, 5.41) is 0. The smallest absolute Gasteiger partial charge is 0.123 e. The quantitative estimate of drug-likeness (QED) is 0.699. The Kier molecular flexibility index (Phi) is 4.56. The van der Waals surface area contributed by atoms with Gasteiger partial charge in [0, 0.05) is 0 Å². The van der Waals surface area contributed by atoms with Crippen LogP contribution in [0.2, 0.25) is 0 Å². The van der Waals surface area contributed by atoms with Crippen molar-refractivity contribution in [3.05, 3.63) is 29.6 Å². The number of ether oxygens (including phenoxy) is 2. The second kappa shape index (κ2) is 5.71. The van der Waals surface area contributed by atoms with Crippen LogP contribution in [0, 0.1) is 12.7 Å². The molecule has 84 valence electrons. The molecule has 0 saturated heterocycles. The van der Waals surface area contributed by atoms with E-state index in [0.29, 0.717) is 19.0 Å². The van der Waals surface area contributed by atoms with E-state index in [1.165, 1.54) is 12.1 Å². The first-order valence-corrected chi connectivity index (χ1v) is 5.10. The average Bonchev–Trinajstić information content (AvgIpc) is 2.14. The van der Waals surface area contributed by atoms with Gasteiger partial charge in [-0.1, -0.05) is 0 Å². The van der Waals surface area contributed by atoms with E-state index in [4.69, 9.17) is 9.47 Å². The molecule has 0 saturated carbocycles. The van der Waals surface area contributed by atoms with Gasteiger partial charge in [0.05, 0.1) is 12.7 Å². The van der Waals surface area contributed by atoms with E-state index in [1.807, 2.05) is 20.8 Å². The predicted octanol–water partition coefficient (Wildman–Crippen LogP) is 2.94. The van der Waals surface area contributed by atoms with Crippen molar-refractivity contribution in [1.29, 1.82) is 0 Å². The molecule has 1 rings (SSSR count). The van der Waals surface area contributed by atoms with Crippen molar-refractivity contribution in [2.24, 2.45) is 0 Å². The first-order chi connectivity index (χ1) is 7.09. The zero-order valence-corrected chi connectivity index (χ0v) is 9.42. The van der Waals surface area contributed by atoms with Gasteiger partial charge in [-0.15, -0.1) is 0 Å². The average molecular weight is 212 g/mol. The second-order valence-corrected chi connectivity index (χ2v) is 3.68. The van der Waals surface area contributed by atoms with Crippen LogP contribution in [-0.2, 0) is 4.74 Å². The Morgan fingerprint density at radius 3 is 2.60 bits per heavy atom. The molecule has 0 bridgehead atoms. The molecule has 2 nitrogen and oxygen atoms in total. The van der Waals surface area contributed by atoms with Crippen LogP contribution in [0.25, 0.3) is 0 Å². The van der Waals surface area contributed by atoms with Gasteiger partial charge in [-0.2, -0.15) is 0 Å². The number of aryl methyl sites for hydroxylation is 1. The van der Waals surface area contributed by atoms with Crippen LogP contribution in [0.4, 0.5) is 4.39 Å². The Morgan fingerprint density at radius 1 is 1.27 bits per heavy atom. The Labute approximate surface area is 90.0 Å². The number of rotatable bonds is 5. The minimum absolute atomic E-state index is 0.211. The largest absolute Gasteiger partial charge is 0.491 e. The zero-order chi connectivity index (χ0) is 11.3. The van der Waals surface area contributed by atoms with Crippen LogP contribution < -0.4 is 4.74 Å². The van der Waals surface area contributed by atoms with Gasteiger partial charge < -0.3 is 9.47 Å². The number of halogens is 1. The van der Waals surface area contributed by atoms with E-state index in [0.717, 1.165) is 5.56 Å². The lowest BCUT2D eigenvalue weighted by Gasteiger charge is -2.10. The first kappa shape index (κ1) is 12.0. The maximum absolute atomic E-state index is 12.8. The summed E-state index contributed by atoms with van der Waals surface area (Å²) >= 11 is 0. The van der Waals surface area contributed by atoms with Gasteiger partial charge in [0.15, 0.2) is 0 Å². The summed E-state index contributed by atoms with van der Waals surface area (Å²) < 4.78 is 23.5. The highest BCUT2D eigenvalue weighted by Gasteiger charge is 2.01. The molecule has 0 heterocycles. The van der Waals surface area contributed by atoms with Gasteiger partial charge in [-0.3, -0.25) is 0 Å². The third kappa shape index (κ3) is 4.30. The highest BCUT2D eigenvalue weighted by molar-refractivity contribution is 5.32. The Hall–Kier alpha value is -1.09. The van der Waals surface area contributed by atoms with Gasteiger partial charge in [-0.25, -0.2) is 4.39 Å². The fraction of sp³-hybridized carbons (Fsp3) is 0.500. The molecular formula is C12H17FO2. The van der Waals surface area contributed by atoms with Crippen LogP contribution in [0.1, 0.15) is 19.4 Å². The number of benzene rings is 1. The monoisotopic (exact) mass is 212 g/mol. The number of hydrogen-bond acceptors (Lipinski definition) is 2. The molecule has 0 aromatic heterocycles. The van der Waals surface area contributed by atoms with Gasteiger partial charge in [0.25, 0.3) is 0 Å². The molecule has 0 unspecified atom stereocenters. The van der Waals surface area contributed by atoms with E-state index in [-0.39, 0.29) is 11.9 Å². The molecule has 0 radical (unpaired) electrons. The van der Waals surface area contributed by atoms with Crippen LogP contribution >= 0.6 is 0 Å². The minimum atomic E-state index is -0.238. The lowest BCUT2D eigenvalue weighted by atomic mass is 10.2. The molecule has 0 N–H and O–H groups in total. The third-order valence-electron chi connectivity index (χ3n) is 1.93. The van der Waals surface area contributed by atoms with Gasteiger partial charge >= 0.3 is 0 Å². The molecule has 1 aromatic carbocycles. The molecule has 0 aliphatic rings. The molecular weight excluding hydrogens is 195 g/mol. The summed E-state index contributed by atoms with van der Waals surface area (Å²) in [7, 11) is 0. The molecule has 0 fully saturated rings. The van der Waals surface area contributed by atoms with Crippen molar-refractivity contribution >= 4 is 0 Å². The SMILES string of the molecule is Cc1cc(F)ccc1OCCOC(C)C. The summed E-state index contributed by atoms with van der Waals surface area (Å²) in [6, 6.07) is 4.49. The molecule has 3 heteroatoms. The van der Waals surface area contributed by atoms with E-state index in [9.17, 15) is 4.39 Å². The highest BCUT2D eigenvalue weighted by Crippen LogP contribution is 2.18. The minimum Gasteiger partial charge on any atom is -0.491 e. The van der Waals surface area contributed by atoms with Gasteiger partial charge in [0.1, 0.15) is 18.2 Å². The van der Waals surface area contributed by atoms with E-state index in [1.54, 1.807) is 6.07 Å². The van der Waals surface area contributed by atoms with Gasteiger partial charge in [0.2, 0.25) is 0 Å². The lowest BCUT2D eigenvalue weighted by molar-refractivity contribution is 0.0551. The molecule has 0 amide bonds. The summed E-state index contributed by atoms with van der Waals surface area (Å²) in [6.45, 7) is 6.81. The maximum Gasteiger partial charge on any atom is 0.123 e. The van der Waals surface area contributed by atoms with E-state index >= 15 is 0 Å². The highest BCUT2D eigenvalue weighted by atomic mass is 19.1. The van der Waals surface area contributed by atoms with Crippen molar-refractivity contribution < 1.29 is 13.9 Å². The van der Waals surface area contributed by atoms with Crippen molar-refractivity contribution in [1.82, 2.24) is 0 Å². The van der Waals surface area contributed by atoms with Crippen molar-refractivity contribution in [3.8, 4) is 5.75 Å². The second-order valence-electron chi connectivity index (χ2n) is 3.68. The maximum atomic E-state index is 12.8. The first-order valence-electron chi connectivity index (χ1n) is 5.10. The van der Waals surface area contributed by atoms with E-state index < -0.39 is 0 Å². The molecule has 15 heavy (non-hydrogen) atoms. The fourth-order valence-corrected chi connectivity index (χ4v) is 1.21. The third-order valence-corrected chi connectivity index (χ3v) is 1.93. The number of hydrogen-bond donors (Lipinski definition) is 0. The fourth-order valence-electron chi connectivity index (χ4n) is 1.21. The van der Waals surface area contributed by atoms with E-state index in [2.05, 4.69) is 0 Å². The van der Waals surface area contributed by atoms with Crippen LogP contribution in [0.15, 0.2) is 18.2 Å². The van der Waals surface area contributed by atoms with Crippen molar-refractivity contribution in [3.63, 3.8) is 0 Å². The Balaban J connectivity index is 2.37. The Morgan fingerprint density at radius 2 is 2.00 bits per heavy atom. The molecule has 0 atom stereocenters. The van der Waals surface area contributed by atoms with Crippen molar-refractivity contribution in [2.75, 3.05) is 13.2 Å². The summed E-state index contributed by atoms with van der Waals surface area (Å²) in [5.41, 5.74) is 0.805. The predicted molar refractivity (Wildman–Crippen MR) is 57.7 cm³/mol. The summed E-state index contributed by atoms with van der Waals surface area (Å²) in [4.78, 5) is 0.